The van der Waals surface area contributed by atoms with Gasteiger partial charge in [0, 0.05) is 21.4 Å². The van der Waals surface area contributed by atoms with E-state index in [0.29, 0.717) is 0 Å². The molecule has 0 aliphatic rings. The molecule has 0 radical (unpaired) electrons. The molecule has 72 valence electrons. The molecule has 0 saturated heterocycles. The highest BCUT2D eigenvalue weighted by atomic mass is 79.9. The fourth-order valence-electron chi connectivity index (χ4n) is 1.19. The third kappa shape index (κ3) is 1.78. The molecule has 5 heteroatoms. The van der Waals surface area contributed by atoms with Crippen molar-refractivity contribution >= 4 is 54.4 Å². The Morgan fingerprint density at radius 1 is 1.36 bits per heavy atom. The molecule has 0 fully saturated rings. The summed E-state index contributed by atoms with van der Waals surface area (Å²) in [5.74, 6) is 0. The molecule has 0 unspecified atom stereocenters. The predicted octanol–water partition coefficient (Wildman–Crippen LogP) is 3.94. The van der Waals surface area contributed by atoms with Crippen LogP contribution in [0.25, 0.3) is 10.9 Å². The van der Waals surface area contributed by atoms with Crippen molar-refractivity contribution in [1.29, 1.82) is 0 Å². The van der Waals surface area contributed by atoms with Gasteiger partial charge in [-0.3, -0.25) is 0 Å². The van der Waals surface area contributed by atoms with Crippen molar-refractivity contribution in [2.45, 2.75) is 5.33 Å². The fraction of sp³-hybridized carbons (Fsp3) is 0.111. The van der Waals surface area contributed by atoms with Gasteiger partial charge in [0.05, 0.1) is 5.52 Å². The number of halogens is 3. The lowest BCUT2D eigenvalue weighted by atomic mass is 10.2. The number of nitrogens with zero attached hydrogens (tertiary/aromatic N) is 2. The molecule has 0 amide bonds. The lowest BCUT2D eigenvalue weighted by Crippen LogP contribution is -1.88. The second-order valence-corrected chi connectivity index (χ2v) is 4.44. The van der Waals surface area contributed by atoms with Crippen LogP contribution in [0.4, 0.5) is 0 Å². The van der Waals surface area contributed by atoms with E-state index in [9.17, 15) is 0 Å². The van der Waals surface area contributed by atoms with Crippen LogP contribution in [0.5, 0.6) is 0 Å². The van der Waals surface area contributed by atoms with Gasteiger partial charge < -0.3 is 0 Å². The third-order valence-electron chi connectivity index (χ3n) is 1.89. The average Bonchev–Trinajstić information content (AvgIpc) is 2.20. The van der Waals surface area contributed by atoms with Crippen LogP contribution in [-0.4, -0.2) is 9.97 Å². The minimum absolute atomic E-state index is 0.268. The second-order valence-electron chi connectivity index (χ2n) is 2.75. The molecule has 1 aromatic heterocycles. The maximum Gasteiger partial charge on any atom is 0.222 e. The number of hydrogen-bond acceptors (Lipinski definition) is 2. The van der Waals surface area contributed by atoms with E-state index in [1.54, 1.807) is 6.20 Å². The third-order valence-corrected chi connectivity index (χ3v) is 3.56. The van der Waals surface area contributed by atoms with Gasteiger partial charge >= 0.3 is 0 Å². The largest absolute Gasteiger partial charge is 0.226 e. The SMILES string of the molecule is Clc1ncc2ccc(CBr)c(Br)c2n1. The van der Waals surface area contributed by atoms with Crippen LogP contribution in [-0.2, 0) is 5.33 Å². The van der Waals surface area contributed by atoms with Gasteiger partial charge in [0.25, 0.3) is 0 Å². The molecule has 0 aliphatic carbocycles. The van der Waals surface area contributed by atoms with E-state index in [1.165, 1.54) is 0 Å². The van der Waals surface area contributed by atoms with E-state index in [2.05, 4.69) is 41.8 Å². The topological polar surface area (TPSA) is 25.8 Å². The molecule has 2 aromatic rings. The molecule has 1 aromatic carbocycles. The Bertz CT molecular complexity index is 487. The summed E-state index contributed by atoms with van der Waals surface area (Å²) in [5, 5.41) is 2.03. The van der Waals surface area contributed by atoms with Crippen LogP contribution in [0, 0.1) is 0 Å². The summed E-state index contributed by atoms with van der Waals surface area (Å²) in [5.41, 5.74) is 1.99. The summed E-state index contributed by atoms with van der Waals surface area (Å²) < 4.78 is 0.969. The molecule has 1 heterocycles. The number of benzene rings is 1. The lowest BCUT2D eigenvalue weighted by molar-refractivity contribution is 1.21. The zero-order chi connectivity index (χ0) is 10.1. The zero-order valence-electron chi connectivity index (χ0n) is 6.97. The molecule has 2 rings (SSSR count). The maximum atomic E-state index is 5.73. The number of aromatic nitrogens is 2. The minimum Gasteiger partial charge on any atom is -0.226 e. The van der Waals surface area contributed by atoms with E-state index in [1.807, 2.05) is 12.1 Å². The fourth-order valence-corrected chi connectivity index (χ4v) is 2.75. The lowest BCUT2D eigenvalue weighted by Gasteiger charge is -2.04. The molecule has 0 aliphatic heterocycles. The Morgan fingerprint density at radius 3 is 2.86 bits per heavy atom. The Labute approximate surface area is 103 Å². The van der Waals surface area contributed by atoms with Crippen LogP contribution < -0.4 is 0 Å². The molecule has 0 bridgehead atoms. The first-order chi connectivity index (χ1) is 6.72. The molecule has 0 saturated carbocycles. The monoisotopic (exact) mass is 334 g/mol. The van der Waals surface area contributed by atoms with E-state index in [-0.39, 0.29) is 5.28 Å². The molecule has 0 N–H and O–H groups in total. The van der Waals surface area contributed by atoms with E-state index < -0.39 is 0 Å². The molecule has 0 atom stereocenters. The smallest absolute Gasteiger partial charge is 0.222 e. The normalized spacial score (nSPS) is 10.8. The minimum atomic E-state index is 0.268. The highest BCUT2D eigenvalue weighted by molar-refractivity contribution is 9.11. The quantitative estimate of drug-likeness (QED) is 0.582. The van der Waals surface area contributed by atoms with Crippen LogP contribution in [0.1, 0.15) is 5.56 Å². The van der Waals surface area contributed by atoms with Crippen molar-refractivity contribution < 1.29 is 0 Å². The molecular weight excluding hydrogens is 331 g/mol. The Balaban J connectivity index is 2.79. The maximum absolute atomic E-state index is 5.73. The Kier molecular flexibility index (Phi) is 3.04. The van der Waals surface area contributed by atoms with Crippen molar-refractivity contribution in [1.82, 2.24) is 9.97 Å². The highest BCUT2D eigenvalue weighted by Gasteiger charge is 2.06. The highest BCUT2D eigenvalue weighted by Crippen LogP contribution is 2.27. The molecule has 0 spiro atoms. The first-order valence-corrected chi connectivity index (χ1v) is 6.17. The first-order valence-electron chi connectivity index (χ1n) is 3.88. The van der Waals surface area contributed by atoms with E-state index >= 15 is 0 Å². The second kappa shape index (κ2) is 4.13. The van der Waals surface area contributed by atoms with Gasteiger partial charge in [0.2, 0.25) is 5.28 Å². The summed E-state index contributed by atoms with van der Waals surface area (Å²) in [6.07, 6.45) is 1.72. The molecular formula is C9H5Br2ClN2. The van der Waals surface area contributed by atoms with Crippen molar-refractivity contribution in [2.75, 3.05) is 0 Å². The van der Waals surface area contributed by atoms with Gasteiger partial charge in [-0.15, -0.1) is 0 Å². The Hall–Kier alpha value is -0.190. The summed E-state index contributed by atoms with van der Waals surface area (Å²) in [6, 6.07) is 4.01. The number of alkyl halides is 1. The van der Waals surface area contributed by atoms with Crippen molar-refractivity contribution in [3.05, 3.63) is 33.6 Å². The molecule has 2 nitrogen and oxygen atoms in total. The van der Waals surface area contributed by atoms with E-state index in [4.69, 9.17) is 11.6 Å². The van der Waals surface area contributed by atoms with Crippen LogP contribution in [0.15, 0.2) is 22.8 Å². The van der Waals surface area contributed by atoms with Crippen molar-refractivity contribution in [3.63, 3.8) is 0 Å². The Morgan fingerprint density at radius 2 is 2.14 bits per heavy atom. The van der Waals surface area contributed by atoms with Gasteiger partial charge in [-0.1, -0.05) is 28.1 Å². The van der Waals surface area contributed by atoms with Gasteiger partial charge in [0.15, 0.2) is 0 Å². The van der Waals surface area contributed by atoms with Crippen LogP contribution in [0.3, 0.4) is 0 Å². The summed E-state index contributed by atoms with van der Waals surface area (Å²) in [7, 11) is 0. The summed E-state index contributed by atoms with van der Waals surface area (Å²) >= 11 is 12.6. The molecule has 14 heavy (non-hydrogen) atoms. The summed E-state index contributed by atoms with van der Waals surface area (Å²) in [4.78, 5) is 8.10. The van der Waals surface area contributed by atoms with Gasteiger partial charge in [0.1, 0.15) is 0 Å². The number of rotatable bonds is 1. The number of hydrogen-bond donors (Lipinski definition) is 0. The van der Waals surface area contributed by atoms with E-state index in [0.717, 1.165) is 26.3 Å². The summed E-state index contributed by atoms with van der Waals surface area (Å²) in [6.45, 7) is 0. The predicted molar refractivity (Wildman–Crippen MR) is 64.9 cm³/mol. The van der Waals surface area contributed by atoms with Crippen molar-refractivity contribution in [2.24, 2.45) is 0 Å². The van der Waals surface area contributed by atoms with Crippen LogP contribution in [0.2, 0.25) is 5.28 Å². The standard InChI is InChI=1S/C9H5Br2ClN2/c10-3-5-1-2-6-4-13-9(12)14-8(6)7(5)11/h1-2,4H,3H2. The first kappa shape index (κ1) is 10.3. The van der Waals surface area contributed by atoms with Gasteiger partial charge in [-0.25, -0.2) is 9.97 Å². The average molecular weight is 336 g/mol. The van der Waals surface area contributed by atoms with Crippen molar-refractivity contribution in [3.8, 4) is 0 Å². The van der Waals surface area contributed by atoms with Gasteiger partial charge in [-0.2, -0.15) is 0 Å². The number of fused-ring (bicyclic) bond motifs is 1. The van der Waals surface area contributed by atoms with Crippen LogP contribution >= 0.6 is 43.5 Å². The van der Waals surface area contributed by atoms with Gasteiger partial charge in [-0.05, 0) is 33.1 Å². The zero-order valence-corrected chi connectivity index (χ0v) is 10.9.